The van der Waals surface area contributed by atoms with Gasteiger partial charge in [0.2, 0.25) is 0 Å². The summed E-state index contributed by atoms with van der Waals surface area (Å²) in [6.45, 7) is 5.66. The number of carbonyl (C=O) groups excluding carboxylic acids is 2. The largest absolute Gasteiger partial charge is 0.464 e. The number of rotatable bonds is 12. The molecule has 2 unspecified atom stereocenters. The minimum atomic E-state index is -4.13. The van der Waals surface area contributed by atoms with Gasteiger partial charge in [0.1, 0.15) is 0 Å². The van der Waals surface area contributed by atoms with Gasteiger partial charge in [-0.3, -0.25) is 8.37 Å². The lowest BCUT2D eigenvalue weighted by Gasteiger charge is -2.13. The second-order valence-electron chi connectivity index (χ2n) is 4.86. The summed E-state index contributed by atoms with van der Waals surface area (Å²) in [7, 11) is -8.26. The van der Waals surface area contributed by atoms with Crippen molar-refractivity contribution < 1.29 is 44.3 Å². The summed E-state index contributed by atoms with van der Waals surface area (Å²) in [6.07, 6.45) is -3.00. The molecule has 0 rings (SSSR count). The third kappa shape index (κ3) is 10.4. The second-order valence-corrected chi connectivity index (χ2v) is 8.29. The molecular formula is C13H24O10S2. The molecule has 2 atom stereocenters. The van der Waals surface area contributed by atoms with Crippen LogP contribution in [-0.2, 0) is 47.7 Å². The Morgan fingerprint density at radius 2 is 1.08 bits per heavy atom. The van der Waals surface area contributed by atoms with Crippen LogP contribution in [0.1, 0.15) is 34.1 Å². The van der Waals surface area contributed by atoms with Gasteiger partial charge in [-0.1, -0.05) is 0 Å². The van der Waals surface area contributed by atoms with E-state index in [0.717, 1.165) is 0 Å². The first-order chi connectivity index (χ1) is 11.4. The van der Waals surface area contributed by atoms with Gasteiger partial charge in [0.15, 0.2) is 12.2 Å². The molecule has 0 heterocycles. The van der Waals surface area contributed by atoms with Crippen molar-refractivity contribution in [2.24, 2.45) is 0 Å². The first kappa shape index (κ1) is 23.8. The van der Waals surface area contributed by atoms with E-state index in [9.17, 15) is 26.4 Å². The molecule has 0 aliphatic rings. The molecule has 0 N–H and O–H groups in total. The standard InChI is InChI=1S/C13H24O10S2/c1-5-20-12(14)10(3)22-24(16,17)8-7-9-25(18,19)23-11(4)13(15)21-6-2/h10-11H,5-9H2,1-4H3. The zero-order chi connectivity index (χ0) is 19.7. The van der Waals surface area contributed by atoms with E-state index in [4.69, 9.17) is 0 Å². The Balaban J connectivity index is 4.47. The molecular weight excluding hydrogens is 380 g/mol. The summed E-state index contributed by atoms with van der Waals surface area (Å²) in [5.74, 6) is -2.98. The summed E-state index contributed by atoms with van der Waals surface area (Å²) >= 11 is 0. The fourth-order valence-electron chi connectivity index (χ4n) is 1.55. The van der Waals surface area contributed by atoms with E-state index in [0.29, 0.717) is 0 Å². The molecule has 10 nitrogen and oxygen atoms in total. The zero-order valence-electron chi connectivity index (χ0n) is 14.6. The SMILES string of the molecule is CCOC(=O)C(C)OS(=O)(=O)CCCS(=O)(=O)OC(C)C(=O)OCC. The highest BCUT2D eigenvalue weighted by Gasteiger charge is 2.26. The topological polar surface area (TPSA) is 139 Å². The summed E-state index contributed by atoms with van der Waals surface area (Å²) in [5.41, 5.74) is 0. The van der Waals surface area contributed by atoms with Gasteiger partial charge in [-0.15, -0.1) is 0 Å². The van der Waals surface area contributed by atoms with Gasteiger partial charge in [-0.05, 0) is 34.1 Å². The molecule has 0 aliphatic heterocycles. The molecule has 0 saturated carbocycles. The Kier molecular flexibility index (Phi) is 10.2. The predicted octanol–water partition coefficient (Wildman–Crippen LogP) is -0.0275. The average Bonchev–Trinajstić information content (AvgIpc) is 2.46. The van der Waals surface area contributed by atoms with E-state index in [1.807, 2.05) is 0 Å². The van der Waals surface area contributed by atoms with Crippen LogP contribution in [0.15, 0.2) is 0 Å². The van der Waals surface area contributed by atoms with Crippen LogP contribution in [0.3, 0.4) is 0 Å². The molecule has 25 heavy (non-hydrogen) atoms. The van der Waals surface area contributed by atoms with Crippen molar-refractivity contribution in [1.29, 1.82) is 0 Å². The number of esters is 2. The quantitative estimate of drug-likeness (QED) is 0.322. The van der Waals surface area contributed by atoms with E-state index in [1.165, 1.54) is 13.8 Å². The summed E-state index contributed by atoms with van der Waals surface area (Å²) < 4.78 is 65.3. The summed E-state index contributed by atoms with van der Waals surface area (Å²) in [5, 5.41) is 0. The average molecular weight is 404 g/mol. The summed E-state index contributed by atoms with van der Waals surface area (Å²) in [4.78, 5) is 22.6. The van der Waals surface area contributed by atoms with Gasteiger partial charge in [0.25, 0.3) is 20.2 Å². The van der Waals surface area contributed by atoms with E-state index in [2.05, 4.69) is 17.8 Å². The molecule has 0 fully saturated rings. The maximum atomic E-state index is 11.7. The van der Waals surface area contributed by atoms with Crippen molar-refractivity contribution in [3.8, 4) is 0 Å². The van der Waals surface area contributed by atoms with Crippen LogP contribution in [0.2, 0.25) is 0 Å². The summed E-state index contributed by atoms with van der Waals surface area (Å²) in [6, 6.07) is 0. The van der Waals surface area contributed by atoms with Crippen LogP contribution in [0.4, 0.5) is 0 Å². The minimum Gasteiger partial charge on any atom is -0.464 e. The van der Waals surface area contributed by atoms with E-state index < -0.39 is 55.9 Å². The van der Waals surface area contributed by atoms with Crippen molar-refractivity contribution >= 4 is 32.2 Å². The first-order valence-electron chi connectivity index (χ1n) is 7.59. The maximum absolute atomic E-state index is 11.7. The zero-order valence-corrected chi connectivity index (χ0v) is 16.2. The van der Waals surface area contributed by atoms with Crippen molar-refractivity contribution in [2.75, 3.05) is 24.7 Å². The van der Waals surface area contributed by atoms with Crippen molar-refractivity contribution in [3.63, 3.8) is 0 Å². The van der Waals surface area contributed by atoms with Gasteiger partial charge in [0, 0.05) is 0 Å². The predicted molar refractivity (Wildman–Crippen MR) is 86.6 cm³/mol. The van der Waals surface area contributed by atoms with Crippen molar-refractivity contribution in [3.05, 3.63) is 0 Å². The van der Waals surface area contributed by atoms with Crippen molar-refractivity contribution in [2.45, 2.75) is 46.3 Å². The number of hydrogen-bond donors (Lipinski definition) is 0. The molecule has 0 aromatic rings. The van der Waals surface area contributed by atoms with Crippen LogP contribution in [0.25, 0.3) is 0 Å². The van der Waals surface area contributed by atoms with Gasteiger partial charge in [-0.25, -0.2) is 9.59 Å². The molecule has 0 aromatic carbocycles. The Bertz CT molecular complexity index is 582. The van der Waals surface area contributed by atoms with E-state index in [-0.39, 0.29) is 19.6 Å². The number of ether oxygens (including phenoxy) is 2. The highest BCUT2D eigenvalue weighted by Crippen LogP contribution is 2.08. The molecule has 0 saturated heterocycles. The molecule has 0 radical (unpaired) electrons. The second kappa shape index (κ2) is 10.7. The Labute approximate surface area is 148 Å². The molecule has 0 aliphatic carbocycles. The molecule has 0 aromatic heterocycles. The van der Waals surface area contributed by atoms with Crippen LogP contribution in [0, 0.1) is 0 Å². The third-order valence-electron chi connectivity index (χ3n) is 2.61. The maximum Gasteiger partial charge on any atom is 0.336 e. The number of hydrogen-bond acceptors (Lipinski definition) is 10. The van der Waals surface area contributed by atoms with Gasteiger partial charge in [-0.2, -0.15) is 16.8 Å². The first-order valence-corrected chi connectivity index (χ1v) is 10.7. The third-order valence-corrected chi connectivity index (χ3v) is 5.35. The lowest BCUT2D eigenvalue weighted by Crippen LogP contribution is -2.29. The van der Waals surface area contributed by atoms with Gasteiger partial charge >= 0.3 is 11.9 Å². The number of carbonyl (C=O) groups is 2. The molecule has 0 bridgehead atoms. The van der Waals surface area contributed by atoms with Crippen LogP contribution in [0.5, 0.6) is 0 Å². The fourth-order valence-corrected chi connectivity index (χ4v) is 3.95. The molecule has 0 spiro atoms. The molecule has 148 valence electrons. The van der Waals surface area contributed by atoms with Crippen LogP contribution >= 0.6 is 0 Å². The normalized spacial score (nSPS) is 14.6. The highest BCUT2D eigenvalue weighted by atomic mass is 32.2. The Morgan fingerprint density at radius 1 is 0.760 bits per heavy atom. The molecule has 0 amide bonds. The molecule has 12 heteroatoms. The van der Waals surface area contributed by atoms with Crippen LogP contribution < -0.4 is 0 Å². The Morgan fingerprint density at radius 3 is 1.36 bits per heavy atom. The van der Waals surface area contributed by atoms with E-state index >= 15 is 0 Å². The van der Waals surface area contributed by atoms with Gasteiger partial charge < -0.3 is 9.47 Å². The van der Waals surface area contributed by atoms with Crippen LogP contribution in [-0.4, -0.2) is 65.7 Å². The van der Waals surface area contributed by atoms with Gasteiger partial charge in [0.05, 0.1) is 24.7 Å². The lowest BCUT2D eigenvalue weighted by atomic mass is 10.4. The fraction of sp³-hybridized carbons (Fsp3) is 0.846. The highest BCUT2D eigenvalue weighted by molar-refractivity contribution is 7.87. The monoisotopic (exact) mass is 404 g/mol. The van der Waals surface area contributed by atoms with Crippen molar-refractivity contribution in [1.82, 2.24) is 0 Å². The lowest BCUT2D eigenvalue weighted by molar-refractivity contribution is -0.151. The van der Waals surface area contributed by atoms with E-state index in [1.54, 1.807) is 13.8 Å². The Hall–Kier alpha value is -1.24. The minimum absolute atomic E-state index is 0.0703. The smallest absolute Gasteiger partial charge is 0.336 e.